The van der Waals surface area contributed by atoms with Gasteiger partial charge in [0, 0.05) is 12.3 Å². The molecule has 108 valence electrons. The Morgan fingerprint density at radius 1 is 1.25 bits per heavy atom. The molecule has 0 aromatic heterocycles. The van der Waals surface area contributed by atoms with Crippen LogP contribution in [0.2, 0.25) is 0 Å². The van der Waals surface area contributed by atoms with Crippen molar-refractivity contribution in [2.45, 2.75) is 44.6 Å². The number of carbonyl (C=O) groups excluding carboxylic acids is 1. The van der Waals surface area contributed by atoms with Gasteiger partial charge in [-0.25, -0.2) is 4.39 Å². The van der Waals surface area contributed by atoms with Crippen molar-refractivity contribution >= 4 is 5.78 Å². The number of aliphatic hydroxyl groups is 1. The molecular formula is C17H21FO2. The maximum Gasteiger partial charge on any atom is 0.136 e. The minimum atomic E-state index is -0.342. The highest BCUT2D eigenvalue weighted by Gasteiger charge is 2.49. The van der Waals surface area contributed by atoms with Gasteiger partial charge in [0.2, 0.25) is 0 Å². The molecule has 2 aliphatic carbocycles. The molecule has 2 saturated carbocycles. The number of Topliss-reactive ketones (excluding diaryl/α,β-unsaturated/α-hetero) is 1. The predicted octanol–water partition coefficient (Wildman–Crippen LogP) is 3.30. The summed E-state index contributed by atoms with van der Waals surface area (Å²) in [6.07, 6.45) is 2.89. The molecule has 5 atom stereocenters. The molecule has 1 aromatic carbocycles. The summed E-state index contributed by atoms with van der Waals surface area (Å²) >= 11 is 0. The van der Waals surface area contributed by atoms with Gasteiger partial charge in [-0.1, -0.05) is 19.1 Å². The van der Waals surface area contributed by atoms with Gasteiger partial charge in [0.15, 0.2) is 0 Å². The molecule has 3 rings (SSSR count). The Kier molecular flexibility index (Phi) is 3.63. The van der Waals surface area contributed by atoms with E-state index in [1.165, 1.54) is 12.1 Å². The van der Waals surface area contributed by atoms with Crippen LogP contribution in [0.5, 0.6) is 0 Å². The minimum Gasteiger partial charge on any atom is -0.393 e. The lowest BCUT2D eigenvalue weighted by atomic mass is 9.67. The first-order valence-electron chi connectivity index (χ1n) is 7.56. The van der Waals surface area contributed by atoms with E-state index in [4.69, 9.17) is 0 Å². The zero-order valence-corrected chi connectivity index (χ0v) is 11.8. The van der Waals surface area contributed by atoms with Crippen molar-refractivity contribution in [2.24, 2.45) is 17.8 Å². The van der Waals surface area contributed by atoms with Gasteiger partial charge in [0.1, 0.15) is 11.6 Å². The molecule has 2 fully saturated rings. The Morgan fingerprint density at radius 3 is 2.60 bits per heavy atom. The van der Waals surface area contributed by atoms with Gasteiger partial charge >= 0.3 is 0 Å². The molecular weight excluding hydrogens is 255 g/mol. The molecule has 2 aliphatic rings. The zero-order valence-electron chi connectivity index (χ0n) is 11.8. The van der Waals surface area contributed by atoms with Gasteiger partial charge in [0.25, 0.3) is 0 Å². The van der Waals surface area contributed by atoms with E-state index in [9.17, 15) is 14.3 Å². The van der Waals surface area contributed by atoms with Gasteiger partial charge in [-0.3, -0.25) is 4.79 Å². The highest BCUT2D eigenvalue weighted by atomic mass is 19.1. The Balaban J connectivity index is 1.95. The van der Waals surface area contributed by atoms with Crippen molar-refractivity contribution in [1.82, 2.24) is 0 Å². The van der Waals surface area contributed by atoms with Crippen LogP contribution in [0.15, 0.2) is 24.3 Å². The fourth-order valence-corrected chi connectivity index (χ4v) is 4.29. The predicted molar refractivity (Wildman–Crippen MR) is 74.8 cm³/mol. The van der Waals surface area contributed by atoms with Crippen molar-refractivity contribution in [2.75, 3.05) is 0 Å². The lowest BCUT2D eigenvalue weighted by molar-refractivity contribution is -0.127. The van der Waals surface area contributed by atoms with E-state index in [2.05, 4.69) is 0 Å². The third kappa shape index (κ3) is 2.28. The van der Waals surface area contributed by atoms with Gasteiger partial charge < -0.3 is 5.11 Å². The number of aliphatic hydroxyl groups excluding tert-OH is 1. The largest absolute Gasteiger partial charge is 0.393 e. The molecule has 2 nitrogen and oxygen atoms in total. The van der Waals surface area contributed by atoms with Gasteiger partial charge in [-0.05, 0) is 54.7 Å². The van der Waals surface area contributed by atoms with Crippen molar-refractivity contribution in [3.05, 3.63) is 35.6 Å². The van der Waals surface area contributed by atoms with E-state index in [0.29, 0.717) is 12.3 Å². The number of halogens is 1. The van der Waals surface area contributed by atoms with E-state index in [1.807, 2.05) is 6.92 Å². The number of carbonyl (C=O) groups is 1. The molecule has 1 aromatic rings. The minimum absolute atomic E-state index is 0.0938. The smallest absolute Gasteiger partial charge is 0.136 e. The molecule has 20 heavy (non-hydrogen) atoms. The fraction of sp³-hybridized carbons (Fsp3) is 0.588. The summed E-state index contributed by atoms with van der Waals surface area (Å²) in [6.45, 7) is 1.89. The summed E-state index contributed by atoms with van der Waals surface area (Å²) in [7, 11) is 0. The van der Waals surface area contributed by atoms with E-state index in [1.54, 1.807) is 12.1 Å². The maximum atomic E-state index is 13.1. The Labute approximate surface area is 119 Å². The lowest BCUT2D eigenvalue weighted by Gasteiger charge is -2.36. The second-order valence-electron chi connectivity index (χ2n) is 6.31. The first-order valence-corrected chi connectivity index (χ1v) is 7.56. The lowest BCUT2D eigenvalue weighted by Crippen LogP contribution is -2.35. The Hall–Kier alpha value is -1.22. The van der Waals surface area contributed by atoms with E-state index < -0.39 is 0 Å². The Morgan fingerprint density at radius 2 is 1.95 bits per heavy atom. The number of ketones is 1. The zero-order chi connectivity index (χ0) is 14.3. The number of benzene rings is 1. The van der Waals surface area contributed by atoms with Crippen molar-refractivity contribution in [1.29, 1.82) is 0 Å². The summed E-state index contributed by atoms with van der Waals surface area (Å²) in [5.74, 6) is 0.639. The molecule has 0 aliphatic heterocycles. The quantitative estimate of drug-likeness (QED) is 0.919. The van der Waals surface area contributed by atoms with E-state index in [-0.39, 0.29) is 35.5 Å². The molecule has 2 bridgehead atoms. The van der Waals surface area contributed by atoms with Crippen LogP contribution in [0.4, 0.5) is 4.39 Å². The average Bonchev–Trinajstić information content (AvgIpc) is 2.74. The van der Waals surface area contributed by atoms with Crippen molar-refractivity contribution < 1.29 is 14.3 Å². The first-order chi connectivity index (χ1) is 9.60. The second-order valence-corrected chi connectivity index (χ2v) is 6.31. The van der Waals surface area contributed by atoms with Crippen LogP contribution in [0, 0.1) is 23.6 Å². The van der Waals surface area contributed by atoms with Gasteiger partial charge in [-0.2, -0.15) is 0 Å². The SMILES string of the molecule is CCC(=O)C1C(c2ccc(F)cc2)CC2CC(O)C1C2. The van der Waals surface area contributed by atoms with Gasteiger partial charge in [-0.15, -0.1) is 0 Å². The monoisotopic (exact) mass is 276 g/mol. The molecule has 0 spiro atoms. The molecule has 0 saturated heterocycles. The van der Waals surface area contributed by atoms with Crippen LogP contribution in [0.3, 0.4) is 0 Å². The van der Waals surface area contributed by atoms with Crippen LogP contribution < -0.4 is 0 Å². The summed E-state index contributed by atoms with van der Waals surface area (Å²) in [4.78, 5) is 12.4. The van der Waals surface area contributed by atoms with Crippen molar-refractivity contribution in [3.8, 4) is 0 Å². The maximum absolute atomic E-state index is 13.1. The summed E-state index contributed by atoms with van der Waals surface area (Å²) in [6, 6.07) is 6.53. The summed E-state index contributed by atoms with van der Waals surface area (Å²) in [5.41, 5.74) is 1.04. The summed E-state index contributed by atoms with van der Waals surface area (Å²) < 4.78 is 13.1. The van der Waals surface area contributed by atoms with Crippen LogP contribution in [-0.2, 0) is 4.79 Å². The molecule has 1 N–H and O–H groups in total. The molecule has 3 heteroatoms. The normalized spacial score (nSPS) is 36.0. The van der Waals surface area contributed by atoms with Crippen molar-refractivity contribution in [3.63, 3.8) is 0 Å². The van der Waals surface area contributed by atoms with Crippen LogP contribution in [0.1, 0.15) is 44.1 Å². The molecule has 5 unspecified atom stereocenters. The second kappa shape index (κ2) is 5.28. The fourth-order valence-electron chi connectivity index (χ4n) is 4.29. The van der Waals surface area contributed by atoms with Gasteiger partial charge in [0.05, 0.1) is 6.10 Å². The Bertz CT molecular complexity index is 496. The van der Waals surface area contributed by atoms with Crippen LogP contribution in [0.25, 0.3) is 0 Å². The number of hydrogen-bond donors (Lipinski definition) is 1. The standard InChI is InChI=1S/C17H21FO2/c1-2-15(19)17-13(11-3-5-12(18)6-4-11)7-10-8-14(17)16(20)9-10/h3-6,10,13-14,16-17,20H,2,7-9H2,1H3. The molecule has 0 amide bonds. The van der Waals surface area contributed by atoms with E-state index in [0.717, 1.165) is 24.8 Å². The number of hydrogen-bond acceptors (Lipinski definition) is 2. The van der Waals surface area contributed by atoms with Crippen LogP contribution in [-0.4, -0.2) is 17.0 Å². The molecule has 0 heterocycles. The van der Waals surface area contributed by atoms with E-state index >= 15 is 0 Å². The summed E-state index contributed by atoms with van der Waals surface area (Å²) in [5, 5.41) is 10.2. The van der Waals surface area contributed by atoms with Crippen LogP contribution >= 0.6 is 0 Å². The average molecular weight is 276 g/mol. The highest BCUT2D eigenvalue weighted by molar-refractivity contribution is 5.82. The third-order valence-electron chi connectivity index (χ3n) is 5.17. The highest BCUT2D eigenvalue weighted by Crippen LogP contribution is 2.52. The third-order valence-corrected chi connectivity index (χ3v) is 5.17. The number of rotatable bonds is 3. The number of fused-ring (bicyclic) bond motifs is 2. The first kappa shape index (κ1) is 13.7. The molecule has 0 radical (unpaired) electrons. The topological polar surface area (TPSA) is 37.3 Å².